The van der Waals surface area contributed by atoms with E-state index in [1.807, 2.05) is 13.8 Å². The molecule has 0 spiro atoms. The lowest BCUT2D eigenvalue weighted by molar-refractivity contribution is 0.0952. The summed E-state index contributed by atoms with van der Waals surface area (Å²) in [4.78, 5) is 32.6. The fourth-order valence-electron chi connectivity index (χ4n) is 2.55. The number of hydrogen-bond acceptors (Lipinski definition) is 5. The van der Waals surface area contributed by atoms with E-state index in [1.165, 1.54) is 11.3 Å². The van der Waals surface area contributed by atoms with Gasteiger partial charge in [0.25, 0.3) is 11.5 Å². The molecule has 0 aliphatic rings. The molecule has 0 unspecified atom stereocenters. The van der Waals surface area contributed by atoms with Crippen LogP contribution < -0.4 is 10.9 Å². The zero-order chi connectivity index (χ0) is 17.0. The first-order chi connectivity index (χ1) is 11.0. The summed E-state index contributed by atoms with van der Waals surface area (Å²) < 4.78 is 1.56. The van der Waals surface area contributed by atoms with Crippen molar-refractivity contribution in [3.63, 3.8) is 0 Å². The zero-order valence-corrected chi connectivity index (χ0v) is 15.0. The Labute approximate surface area is 140 Å². The molecule has 2 aromatic heterocycles. The summed E-state index contributed by atoms with van der Waals surface area (Å²) in [6.07, 6.45) is 1.54. The molecule has 23 heavy (non-hydrogen) atoms. The molecule has 0 fully saturated rings. The summed E-state index contributed by atoms with van der Waals surface area (Å²) in [6.45, 7) is 11.9. The van der Waals surface area contributed by atoms with Gasteiger partial charge in [-0.15, -0.1) is 11.3 Å². The van der Waals surface area contributed by atoms with Crippen LogP contribution in [0.5, 0.6) is 0 Å². The van der Waals surface area contributed by atoms with Crippen LogP contribution in [0.3, 0.4) is 0 Å². The number of carbonyl (C=O) groups is 1. The monoisotopic (exact) mass is 336 g/mol. The summed E-state index contributed by atoms with van der Waals surface area (Å²) in [5.41, 5.74) is 0.652. The molecule has 0 atom stereocenters. The first-order valence-electron chi connectivity index (χ1n) is 8.02. The highest BCUT2D eigenvalue weighted by Crippen LogP contribution is 2.26. The molecule has 0 aliphatic heterocycles. The van der Waals surface area contributed by atoms with Crippen molar-refractivity contribution in [1.29, 1.82) is 0 Å². The third-order valence-electron chi connectivity index (χ3n) is 4.07. The maximum atomic E-state index is 12.4. The van der Waals surface area contributed by atoms with Crippen molar-refractivity contribution in [1.82, 2.24) is 19.8 Å². The first-order valence-corrected chi connectivity index (χ1v) is 8.84. The Balaban J connectivity index is 2.20. The van der Waals surface area contributed by atoms with Gasteiger partial charge in [0.2, 0.25) is 0 Å². The molecular weight excluding hydrogens is 312 g/mol. The van der Waals surface area contributed by atoms with Gasteiger partial charge in [-0.3, -0.25) is 14.2 Å². The van der Waals surface area contributed by atoms with Gasteiger partial charge >= 0.3 is 0 Å². The molecule has 0 bridgehead atoms. The number of aromatic nitrogens is 2. The number of hydrogen-bond donors (Lipinski definition) is 1. The Bertz CT molecular complexity index is 746. The number of thiophene rings is 1. The molecular formula is C16H24N4O2S. The highest BCUT2D eigenvalue weighted by atomic mass is 32.1. The number of rotatable bonds is 7. The van der Waals surface area contributed by atoms with Crippen LogP contribution >= 0.6 is 11.3 Å². The second-order valence-electron chi connectivity index (χ2n) is 5.35. The Morgan fingerprint density at radius 3 is 2.65 bits per heavy atom. The molecule has 2 heterocycles. The summed E-state index contributed by atoms with van der Waals surface area (Å²) in [5.74, 6) is -0.125. The Morgan fingerprint density at radius 2 is 2.04 bits per heavy atom. The average Bonchev–Trinajstić information content (AvgIpc) is 2.89. The van der Waals surface area contributed by atoms with E-state index in [0.29, 0.717) is 28.2 Å². The second-order valence-corrected chi connectivity index (χ2v) is 6.35. The minimum absolute atomic E-state index is 0.0755. The largest absolute Gasteiger partial charge is 0.350 e. The Hall–Kier alpha value is -1.73. The molecule has 0 saturated carbocycles. The van der Waals surface area contributed by atoms with Gasteiger partial charge in [0, 0.05) is 19.6 Å². The van der Waals surface area contributed by atoms with Crippen LogP contribution in [0.25, 0.3) is 10.2 Å². The minimum Gasteiger partial charge on any atom is -0.350 e. The maximum Gasteiger partial charge on any atom is 0.262 e. The molecule has 7 heteroatoms. The predicted octanol–water partition coefficient (Wildman–Crippen LogP) is 1.86. The average molecular weight is 336 g/mol. The number of fused-ring (bicyclic) bond motifs is 1. The van der Waals surface area contributed by atoms with Crippen molar-refractivity contribution in [2.24, 2.45) is 0 Å². The van der Waals surface area contributed by atoms with Crippen LogP contribution in [0.4, 0.5) is 0 Å². The van der Waals surface area contributed by atoms with Gasteiger partial charge < -0.3 is 10.2 Å². The number of aryl methyl sites for hydroxylation is 2. The van der Waals surface area contributed by atoms with Crippen LogP contribution in [-0.2, 0) is 6.54 Å². The van der Waals surface area contributed by atoms with Crippen LogP contribution in [0.1, 0.15) is 36.0 Å². The summed E-state index contributed by atoms with van der Waals surface area (Å²) in [5, 5.41) is 3.50. The SMILES string of the molecule is CCN(CC)CCNC(=O)c1sc2ncn(CC)c(=O)c2c1C. The number of amides is 1. The van der Waals surface area contributed by atoms with E-state index in [1.54, 1.807) is 10.9 Å². The molecule has 1 N–H and O–H groups in total. The van der Waals surface area contributed by atoms with E-state index < -0.39 is 0 Å². The van der Waals surface area contributed by atoms with Gasteiger partial charge in [-0.25, -0.2) is 4.98 Å². The Morgan fingerprint density at radius 1 is 1.35 bits per heavy atom. The molecule has 6 nitrogen and oxygen atoms in total. The number of carbonyl (C=O) groups excluding carboxylic acids is 1. The van der Waals surface area contributed by atoms with Gasteiger partial charge in [0.1, 0.15) is 4.83 Å². The van der Waals surface area contributed by atoms with E-state index in [2.05, 4.69) is 29.0 Å². The number of likely N-dealkylation sites (N-methyl/N-ethyl adjacent to an activating group) is 1. The molecule has 126 valence electrons. The molecule has 2 rings (SSSR count). The van der Waals surface area contributed by atoms with Gasteiger partial charge in [0.15, 0.2) is 0 Å². The van der Waals surface area contributed by atoms with Crippen molar-refractivity contribution in [3.8, 4) is 0 Å². The van der Waals surface area contributed by atoms with E-state index >= 15 is 0 Å². The lowest BCUT2D eigenvalue weighted by Crippen LogP contribution is -2.34. The quantitative estimate of drug-likeness (QED) is 0.838. The van der Waals surface area contributed by atoms with Crippen molar-refractivity contribution >= 4 is 27.5 Å². The van der Waals surface area contributed by atoms with Gasteiger partial charge in [-0.2, -0.15) is 0 Å². The van der Waals surface area contributed by atoms with Gasteiger partial charge in [-0.05, 0) is 32.5 Å². The van der Waals surface area contributed by atoms with E-state index in [0.717, 1.165) is 25.2 Å². The highest BCUT2D eigenvalue weighted by molar-refractivity contribution is 7.20. The lowest BCUT2D eigenvalue weighted by atomic mass is 10.2. The first kappa shape index (κ1) is 17.6. The third kappa shape index (κ3) is 3.61. The smallest absolute Gasteiger partial charge is 0.262 e. The van der Waals surface area contributed by atoms with Crippen molar-refractivity contribution in [3.05, 3.63) is 27.1 Å². The zero-order valence-electron chi connectivity index (χ0n) is 14.2. The second kappa shape index (κ2) is 7.70. The summed E-state index contributed by atoms with van der Waals surface area (Å²) in [6, 6.07) is 0. The van der Waals surface area contributed by atoms with Crippen LogP contribution in [-0.4, -0.2) is 46.5 Å². The molecule has 0 saturated heterocycles. The third-order valence-corrected chi connectivity index (χ3v) is 5.27. The Kier molecular flexibility index (Phi) is 5.90. The molecule has 0 aromatic carbocycles. The van der Waals surface area contributed by atoms with Crippen LogP contribution in [0, 0.1) is 6.92 Å². The summed E-state index contributed by atoms with van der Waals surface area (Å²) >= 11 is 1.29. The highest BCUT2D eigenvalue weighted by Gasteiger charge is 2.19. The lowest BCUT2D eigenvalue weighted by Gasteiger charge is -2.17. The molecule has 0 aliphatic carbocycles. The topological polar surface area (TPSA) is 67.2 Å². The van der Waals surface area contributed by atoms with Gasteiger partial charge in [0.05, 0.1) is 16.6 Å². The molecule has 2 aromatic rings. The molecule has 1 amide bonds. The molecule has 0 radical (unpaired) electrons. The van der Waals surface area contributed by atoms with E-state index in [4.69, 9.17) is 0 Å². The van der Waals surface area contributed by atoms with Crippen molar-refractivity contribution in [2.45, 2.75) is 34.2 Å². The fourth-order valence-corrected chi connectivity index (χ4v) is 3.60. The minimum atomic E-state index is -0.125. The van der Waals surface area contributed by atoms with Crippen molar-refractivity contribution < 1.29 is 4.79 Å². The normalized spacial score (nSPS) is 11.3. The van der Waals surface area contributed by atoms with E-state index in [-0.39, 0.29) is 11.5 Å². The number of nitrogens with zero attached hydrogens (tertiary/aromatic N) is 3. The summed E-state index contributed by atoms with van der Waals surface area (Å²) in [7, 11) is 0. The fraction of sp³-hybridized carbons (Fsp3) is 0.562. The maximum absolute atomic E-state index is 12.4. The predicted molar refractivity (Wildman–Crippen MR) is 94.4 cm³/mol. The number of nitrogens with one attached hydrogen (secondary N) is 1. The van der Waals surface area contributed by atoms with Crippen molar-refractivity contribution in [2.75, 3.05) is 26.2 Å². The van der Waals surface area contributed by atoms with Crippen LogP contribution in [0.15, 0.2) is 11.1 Å². The van der Waals surface area contributed by atoms with Gasteiger partial charge in [-0.1, -0.05) is 13.8 Å². The van der Waals surface area contributed by atoms with Crippen LogP contribution in [0.2, 0.25) is 0 Å². The van der Waals surface area contributed by atoms with E-state index in [9.17, 15) is 9.59 Å². The standard InChI is InChI=1S/C16H24N4O2S/c1-5-19(6-2)9-8-17-14(21)13-11(4)12-15(23-13)18-10-20(7-3)16(12)22/h10H,5-9H2,1-4H3,(H,17,21).